The molecule has 0 N–H and O–H groups in total. The Morgan fingerprint density at radius 3 is 2.75 bits per heavy atom. The molecule has 0 atom stereocenters. The molecule has 0 saturated heterocycles. The van der Waals surface area contributed by atoms with Gasteiger partial charge in [0.2, 0.25) is 5.95 Å². The molecule has 0 aliphatic carbocycles. The number of ether oxygens (including phenoxy) is 1. The predicted molar refractivity (Wildman–Crippen MR) is 61.0 cm³/mol. The van der Waals surface area contributed by atoms with Crippen LogP contribution in [0.5, 0.6) is 5.75 Å². The van der Waals surface area contributed by atoms with Crippen molar-refractivity contribution in [1.29, 1.82) is 0 Å². The second-order valence-corrected chi connectivity index (χ2v) is 3.52. The zero-order chi connectivity index (χ0) is 10.8. The minimum Gasteiger partial charge on any atom is -0.490 e. The number of nitrogens with zero attached hydrogens (tertiary/aromatic N) is 3. The van der Waals surface area contributed by atoms with E-state index in [9.17, 15) is 0 Å². The van der Waals surface area contributed by atoms with Crippen molar-refractivity contribution < 1.29 is 4.74 Å². The average Bonchev–Trinajstić information content (AvgIpc) is 2.39. The summed E-state index contributed by atoms with van der Waals surface area (Å²) >= 11 is 0. The van der Waals surface area contributed by atoms with Crippen LogP contribution in [0.2, 0.25) is 0 Å². The third kappa shape index (κ3) is 1.48. The van der Waals surface area contributed by atoms with Gasteiger partial charge in [0.25, 0.3) is 0 Å². The molecule has 0 unspecified atom stereocenters. The van der Waals surface area contributed by atoms with E-state index in [0.29, 0.717) is 6.61 Å². The Morgan fingerprint density at radius 2 is 1.88 bits per heavy atom. The first kappa shape index (κ1) is 9.15. The second kappa shape index (κ2) is 3.81. The fraction of sp³-hybridized carbons (Fsp3) is 0.167. The molecule has 0 radical (unpaired) electrons. The maximum atomic E-state index is 5.58. The molecule has 0 bridgehead atoms. The van der Waals surface area contributed by atoms with Crippen molar-refractivity contribution in [3.8, 4) is 5.75 Å². The van der Waals surface area contributed by atoms with Gasteiger partial charge in [0, 0.05) is 12.4 Å². The van der Waals surface area contributed by atoms with Crippen molar-refractivity contribution in [2.24, 2.45) is 0 Å². The zero-order valence-corrected chi connectivity index (χ0v) is 8.71. The molecule has 0 fully saturated rings. The molecule has 0 amide bonds. The van der Waals surface area contributed by atoms with Gasteiger partial charge in [0.15, 0.2) is 0 Å². The Bertz CT molecular complexity index is 487. The van der Waals surface area contributed by atoms with E-state index in [1.54, 1.807) is 12.4 Å². The molecule has 4 heteroatoms. The lowest BCUT2D eigenvalue weighted by Crippen LogP contribution is -2.29. The van der Waals surface area contributed by atoms with Gasteiger partial charge in [-0.15, -0.1) is 0 Å². The van der Waals surface area contributed by atoms with E-state index in [1.165, 1.54) is 0 Å². The summed E-state index contributed by atoms with van der Waals surface area (Å²) in [6, 6.07) is 9.75. The molecule has 0 spiro atoms. The number of hydrogen-bond donors (Lipinski definition) is 0. The highest BCUT2D eigenvalue weighted by atomic mass is 16.5. The fourth-order valence-corrected chi connectivity index (χ4v) is 1.81. The monoisotopic (exact) mass is 213 g/mol. The lowest BCUT2D eigenvalue weighted by Gasteiger charge is -2.29. The van der Waals surface area contributed by atoms with Crippen LogP contribution in [0.25, 0.3) is 0 Å². The molecule has 3 rings (SSSR count). The van der Waals surface area contributed by atoms with Gasteiger partial charge in [-0.3, -0.25) is 0 Å². The molecule has 2 aromatic rings. The van der Waals surface area contributed by atoms with Crippen LogP contribution in [0.4, 0.5) is 11.6 Å². The molecular weight excluding hydrogens is 202 g/mol. The fourth-order valence-electron chi connectivity index (χ4n) is 1.81. The van der Waals surface area contributed by atoms with Gasteiger partial charge in [0.05, 0.1) is 12.2 Å². The number of fused-ring (bicyclic) bond motifs is 1. The van der Waals surface area contributed by atoms with Crippen LogP contribution in [0.3, 0.4) is 0 Å². The normalized spacial score (nSPS) is 14.1. The maximum absolute atomic E-state index is 5.58. The maximum Gasteiger partial charge on any atom is 0.230 e. The third-order valence-electron chi connectivity index (χ3n) is 2.52. The Hall–Kier alpha value is -2.10. The van der Waals surface area contributed by atoms with Gasteiger partial charge >= 0.3 is 0 Å². The van der Waals surface area contributed by atoms with Crippen LogP contribution < -0.4 is 9.64 Å². The Kier molecular flexibility index (Phi) is 2.18. The molecule has 2 heterocycles. The number of anilines is 2. The van der Waals surface area contributed by atoms with E-state index < -0.39 is 0 Å². The molecule has 1 aliphatic heterocycles. The van der Waals surface area contributed by atoms with E-state index >= 15 is 0 Å². The first-order valence-electron chi connectivity index (χ1n) is 5.21. The standard InChI is InChI=1S/C12H11N3O/c1-2-5-11-10(4-1)15(8-9-16-11)12-13-6-3-7-14-12/h1-7H,8-9H2. The quantitative estimate of drug-likeness (QED) is 0.726. The summed E-state index contributed by atoms with van der Waals surface area (Å²) in [7, 11) is 0. The van der Waals surface area contributed by atoms with Gasteiger partial charge in [-0.2, -0.15) is 0 Å². The van der Waals surface area contributed by atoms with Crippen LogP contribution >= 0.6 is 0 Å². The molecule has 0 saturated carbocycles. The molecule has 4 nitrogen and oxygen atoms in total. The van der Waals surface area contributed by atoms with Crippen LogP contribution in [0.1, 0.15) is 0 Å². The Labute approximate surface area is 93.5 Å². The van der Waals surface area contributed by atoms with E-state index in [0.717, 1.165) is 23.9 Å². The van der Waals surface area contributed by atoms with Crippen molar-refractivity contribution in [2.75, 3.05) is 18.1 Å². The van der Waals surface area contributed by atoms with Crippen LogP contribution in [0, 0.1) is 0 Å². The van der Waals surface area contributed by atoms with Gasteiger partial charge in [-0.05, 0) is 18.2 Å². The van der Waals surface area contributed by atoms with Crippen LogP contribution in [-0.4, -0.2) is 23.1 Å². The van der Waals surface area contributed by atoms with Gasteiger partial charge in [-0.25, -0.2) is 9.97 Å². The largest absolute Gasteiger partial charge is 0.490 e. The number of benzene rings is 1. The highest BCUT2D eigenvalue weighted by molar-refractivity contribution is 5.66. The Morgan fingerprint density at radius 1 is 1.06 bits per heavy atom. The van der Waals surface area contributed by atoms with Gasteiger partial charge in [0.1, 0.15) is 12.4 Å². The number of para-hydroxylation sites is 2. The zero-order valence-electron chi connectivity index (χ0n) is 8.71. The smallest absolute Gasteiger partial charge is 0.230 e. The average molecular weight is 213 g/mol. The minimum absolute atomic E-state index is 0.662. The molecular formula is C12H11N3O. The molecule has 1 aliphatic rings. The van der Waals surface area contributed by atoms with Gasteiger partial charge in [-0.1, -0.05) is 12.1 Å². The second-order valence-electron chi connectivity index (χ2n) is 3.52. The SMILES string of the molecule is c1cnc(N2CCOc3ccccc32)nc1. The summed E-state index contributed by atoms with van der Waals surface area (Å²) in [5.74, 6) is 1.61. The summed E-state index contributed by atoms with van der Waals surface area (Å²) in [5, 5.41) is 0. The van der Waals surface area contributed by atoms with Crippen molar-refractivity contribution >= 4 is 11.6 Å². The van der Waals surface area contributed by atoms with E-state index in [1.807, 2.05) is 30.3 Å². The van der Waals surface area contributed by atoms with Crippen molar-refractivity contribution in [3.63, 3.8) is 0 Å². The summed E-state index contributed by atoms with van der Waals surface area (Å²) < 4.78 is 5.58. The highest BCUT2D eigenvalue weighted by Gasteiger charge is 2.20. The lowest BCUT2D eigenvalue weighted by atomic mass is 10.2. The highest BCUT2D eigenvalue weighted by Crippen LogP contribution is 2.34. The summed E-state index contributed by atoms with van der Waals surface area (Å²) in [4.78, 5) is 10.6. The topological polar surface area (TPSA) is 38.2 Å². The first-order chi connectivity index (χ1) is 7.95. The van der Waals surface area contributed by atoms with Crippen LogP contribution in [-0.2, 0) is 0 Å². The Balaban J connectivity index is 2.05. The van der Waals surface area contributed by atoms with Crippen LogP contribution in [0.15, 0.2) is 42.7 Å². The van der Waals surface area contributed by atoms with Crippen molar-refractivity contribution in [1.82, 2.24) is 9.97 Å². The summed E-state index contributed by atoms with van der Waals surface area (Å²) in [5.41, 5.74) is 1.03. The summed E-state index contributed by atoms with van der Waals surface area (Å²) in [6.07, 6.45) is 3.50. The van der Waals surface area contributed by atoms with Crippen molar-refractivity contribution in [3.05, 3.63) is 42.7 Å². The first-order valence-corrected chi connectivity index (χ1v) is 5.21. The summed E-state index contributed by atoms with van der Waals surface area (Å²) in [6.45, 7) is 1.44. The number of aromatic nitrogens is 2. The third-order valence-corrected chi connectivity index (χ3v) is 2.52. The number of hydrogen-bond acceptors (Lipinski definition) is 4. The predicted octanol–water partition coefficient (Wildman–Crippen LogP) is 2.01. The lowest BCUT2D eigenvalue weighted by molar-refractivity contribution is 0.313. The van der Waals surface area contributed by atoms with E-state index in [2.05, 4.69) is 14.9 Å². The van der Waals surface area contributed by atoms with E-state index in [4.69, 9.17) is 4.74 Å². The van der Waals surface area contributed by atoms with Crippen molar-refractivity contribution in [2.45, 2.75) is 0 Å². The van der Waals surface area contributed by atoms with E-state index in [-0.39, 0.29) is 0 Å². The minimum atomic E-state index is 0.662. The molecule has 1 aromatic carbocycles. The molecule has 1 aromatic heterocycles. The molecule has 16 heavy (non-hydrogen) atoms. The molecule has 80 valence electrons. The number of rotatable bonds is 1. The van der Waals surface area contributed by atoms with Gasteiger partial charge < -0.3 is 9.64 Å².